The van der Waals surface area contributed by atoms with Gasteiger partial charge in [-0.2, -0.15) is 0 Å². The van der Waals surface area contributed by atoms with Crippen molar-refractivity contribution in [2.24, 2.45) is 0 Å². The molecule has 1 saturated heterocycles. The van der Waals surface area contributed by atoms with Crippen LogP contribution in [-0.2, 0) is 4.74 Å². The van der Waals surface area contributed by atoms with Gasteiger partial charge >= 0.3 is 0 Å². The highest BCUT2D eigenvalue weighted by atomic mass is 35.5. The van der Waals surface area contributed by atoms with E-state index in [4.69, 9.17) is 30.8 Å². The fourth-order valence-electron chi connectivity index (χ4n) is 3.61. The largest absolute Gasteiger partial charge is 0.486 e. The zero-order valence-electron chi connectivity index (χ0n) is 15.6. The molecule has 150 valence electrons. The lowest BCUT2D eigenvalue weighted by atomic mass is 10.1. The maximum absolute atomic E-state index is 13.5. The third kappa shape index (κ3) is 3.66. The van der Waals surface area contributed by atoms with Crippen molar-refractivity contribution < 1.29 is 19.0 Å². The summed E-state index contributed by atoms with van der Waals surface area (Å²) in [7, 11) is 0. The molecule has 0 bridgehead atoms. The number of hydrogen-bond acceptors (Lipinski definition) is 6. The van der Waals surface area contributed by atoms with Crippen LogP contribution in [0.15, 0.2) is 36.4 Å². The average Bonchev–Trinajstić information content (AvgIpc) is 3.41. The minimum atomic E-state index is -0.182. The summed E-state index contributed by atoms with van der Waals surface area (Å²) < 4.78 is 18.0. The number of rotatable bonds is 4. The number of thiazole rings is 1. The van der Waals surface area contributed by atoms with E-state index in [0.29, 0.717) is 47.0 Å². The summed E-state index contributed by atoms with van der Waals surface area (Å²) >= 11 is 7.86. The summed E-state index contributed by atoms with van der Waals surface area (Å²) in [6, 6.07) is 11.2. The Kier molecular flexibility index (Phi) is 5.03. The van der Waals surface area contributed by atoms with E-state index in [-0.39, 0.29) is 12.0 Å². The number of benzene rings is 2. The zero-order chi connectivity index (χ0) is 19.8. The van der Waals surface area contributed by atoms with Crippen LogP contribution in [0.2, 0.25) is 5.02 Å². The predicted molar refractivity (Wildman–Crippen MR) is 113 cm³/mol. The lowest BCUT2D eigenvalue weighted by molar-refractivity contribution is 0.0916. The second-order valence-electron chi connectivity index (χ2n) is 7.00. The molecule has 0 aliphatic carbocycles. The summed E-state index contributed by atoms with van der Waals surface area (Å²) in [6.45, 7) is 2.04. The van der Waals surface area contributed by atoms with Crippen LogP contribution in [0.5, 0.6) is 11.5 Å². The van der Waals surface area contributed by atoms with Crippen LogP contribution in [0.3, 0.4) is 0 Å². The molecule has 29 heavy (non-hydrogen) atoms. The van der Waals surface area contributed by atoms with Crippen LogP contribution < -0.4 is 14.4 Å². The number of fused-ring (bicyclic) bond motifs is 2. The average molecular weight is 431 g/mol. The number of carbonyl (C=O) groups is 1. The normalized spacial score (nSPS) is 18.2. The Morgan fingerprint density at radius 2 is 2.07 bits per heavy atom. The Bertz CT molecular complexity index is 1030. The Labute approximate surface area is 177 Å². The summed E-state index contributed by atoms with van der Waals surface area (Å²) in [6.07, 6.45) is 1.93. The van der Waals surface area contributed by atoms with Crippen LogP contribution in [0.25, 0.3) is 10.2 Å². The summed E-state index contributed by atoms with van der Waals surface area (Å²) in [5.74, 6) is 0.798. The molecule has 8 heteroatoms. The van der Waals surface area contributed by atoms with Gasteiger partial charge in [-0.25, -0.2) is 4.98 Å². The van der Waals surface area contributed by atoms with Gasteiger partial charge in [0.25, 0.3) is 5.91 Å². The van der Waals surface area contributed by atoms with Gasteiger partial charge in [0.05, 0.1) is 27.9 Å². The van der Waals surface area contributed by atoms with E-state index < -0.39 is 0 Å². The second-order valence-corrected chi connectivity index (χ2v) is 8.41. The summed E-state index contributed by atoms with van der Waals surface area (Å²) in [5, 5.41) is 1.02. The van der Waals surface area contributed by atoms with Crippen molar-refractivity contribution in [2.45, 2.75) is 18.9 Å². The lowest BCUT2D eigenvalue weighted by Gasteiger charge is -2.24. The smallest absolute Gasteiger partial charge is 0.260 e. The first-order chi connectivity index (χ1) is 14.2. The number of carbonyl (C=O) groups excluding carboxylic acids is 1. The SMILES string of the molecule is O=C(c1cc(Cl)c2c(c1)OCCO2)N(C[C@@H]1CCCO1)c1nc2ccccc2s1. The van der Waals surface area contributed by atoms with E-state index in [1.54, 1.807) is 17.0 Å². The third-order valence-corrected chi connectivity index (χ3v) is 6.35. The molecule has 1 atom stereocenters. The van der Waals surface area contributed by atoms with E-state index in [1.165, 1.54) is 11.3 Å². The van der Waals surface area contributed by atoms with Crippen molar-refractivity contribution in [3.05, 3.63) is 47.0 Å². The number of ether oxygens (including phenoxy) is 3. The summed E-state index contributed by atoms with van der Waals surface area (Å²) in [4.78, 5) is 19.9. The molecule has 0 radical (unpaired) electrons. The third-order valence-electron chi connectivity index (χ3n) is 5.01. The molecule has 2 aliphatic heterocycles. The van der Waals surface area contributed by atoms with Crippen LogP contribution in [0.4, 0.5) is 5.13 Å². The lowest BCUT2D eigenvalue weighted by Crippen LogP contribution is -2.37. The van der Waals surface area contributed by atoms with E-state index >= 15 is 0 Å². The van der Waals surface area contributed by atoms with Crippen LogP contribution in [-0.4, -0.2) is 43.4 Å². The molecule has 2 aliphatic rings. The molecule has 3 heterocycles. The number of aromatic nitrogens is 1. The standard InChI is InChI=1S/C21H19ClN2O4S/c22-15-10-13(11-17-19(15)28-9-8-27-17)20(25)24(12-14-4-3-7-26-14)21-23-16-5-1-2-6-18(16)29-21/h1-2,5-6,10-11,14H,3-4,7-9,12H2/t14-/m0/s1. The highest BCUT2D eigenvalue weighted by Crippen LogP contribution is 2.39. The number of amides is 1. The molecule has 1 amide bonds. The van der Waals surface area contributed by atoms with Gasteiger partial charge in [-0.1, -0.05) is 35.1 Å². The Balaban J connectivity index is 1.53. The first-order valence-electron chi connectivity index (χ1n) is 9.57. The molecular weight excluding hydrogens is 412 g/mol. The topological polar surface area (TPSA) is 60.9 Å². The van der Waals surface area contributed by atoms with Crippen LogP contribution >= 0.6 is 22.9 Å². The van der Waals surface area contributed by atoms with Gasteiger partial charge in [0, 0.05) is 12.2 Å². The van der Waals surface area contributed by atoms with Gasteiger partial charge in [-0.15, -0.1) is 0 Å². The molecule has 0 N–H and O–H groups in total. The molecule has 0 spiro atoms. The number of nitrogens with zero attached hydrogens (tertiary/aromatic N) is 2. The Morgan fingerprint density at radius 1 is 1.21 bits per heavy atom. The number of para-hydroxylation sites is 1. The number of anilines is 1. The first-order valence-corrected chi connectivity index (χ1v) is 10.8. The van der Waals surface area contributed by atoms with Crippen LogP contribution in [0, 0.1) is 0 Å². The maximum Gasteiger partial charge on any atom is 0.260 e. The first kappa shape index (κ1) is 18.7. The molecule has 6 nitrogen and oxygen atoms in total. The van der Waals surface area contributed by atoms with E-state index in [0.717, 1.165) is 29.7 Å². The van der Waals surface area contributed by atoms with E-state index in [2.05, 4.69) is 0 Å². The predicted octanol–water partition coefficient (Wildman–Crippen LogP) is 4.55. The minimum absolute atomic E-state index is 0.00125. The zero-order valence-corrected chi connectivity index (χ0v) is 17.2. The van der Waals surface area contributed by atoms with Gasteiger partial charge in [-0.3, -0.25) is 9.69 Å². The molecule has 3 aromatic rings. The highest BCUT2D eigenvalue weighted by molar-refractivity contribution is 7.22. The van der Waals surface area contributed by atoms with E-state index in [9.17, 15) is 4.79 Å². The van der Waals surface area contributed by atoms with Gasteiger partial charge in [0.2, 0.25) is 0 Å². The fourth-order valence-corrected chi connectivity index (χ4v) is 4.84. The molecular formula is C21H19ClN2O4S. The molecule has 0 saturated carbocycles. The van der Waals surface area contributed by atoms with Gasteiger partial charge < -0.3 is 14.2 Å². The summed E-state index contributed by atoms with van der Waals surface area (Å²) in [5.41, 5.74) is 1.31. The van der Waals surface area contributed by atoms with Crippen molar-refractivity contribution in [1.82, 2.24) is 4.98 Å². The van der Waals surface area contributed by atoms with Gasteiger partial charge in [0.15, 0.2) is 16.6 Å². The van der Waals surface area contributed by atoms with Crippen molar-refractivity contribution >= 4 is 44.2 Å². The monoisotopic (exact) mass is 430 g/mol. The van der Waals surface area contributed by atoms with Crippen molar-refractivity contribution in [1.29, 1.82) is 0 Å². The van der Waals surface area contributed by atoms with Crippen LogP contribution in [0.1, 0.15) is 23.2 Å². The fraction of sp³-hybridized carbons (Fsp3) is 0.333. The van der Waals surface area contributed by atoms with Gasteiger partial charge in [-0.05, 0) is 37.1 Å². The van der Waals surface area contributed by atoms with Crippen molar-refractivity contribution in [3.63, 3.8) is 0 Å². The van der Waals surface area contributed by atoms with Crippen molar-refractivity contribution in [3.8, 4) is 11.5 Å². The molecule has 5 rings (SSSR count). The van der Waals surface area contributed by atoms with E-state index in [1.807, 2.05) is 24.3 Å². The minimum Gasteiger partial charge on any atom is -0.486 e. The number of hydrogen-bond donors (Lipinski definition) is 0. The molecule has 0 unspecified atom stereocenters. The van der Waals surface area contributed by atoms with Crippen molar-refractivity contribution in [2.75, 3.05) is 31.3 Å². The Morgan fingerprint density at radius 3 is 2.90 bits per heavy atom. The molecule has 2 aromatic carbocycles. The molecule has 1 aromatic heterocycles. The quantitative estimate of drug-likeness (QED) is 0.607. The number of halogens is 1. The maximum atomic E-state index is 13.5. The van der Waals surface area contributed by atoms with Gasteiger partial charge in [0.1, 0.15) is 13.2 Å². The Hall–Kier alpha value is -2.35. The highest BCUT2D eigenvalue weighted by Gasteiger charge is 2.29. The molecule has 1 fully saturated rings. The second kappa shape index (κ2) is 7.82.